The van der Waals surface area contributed by atoms with Gasteiger partial charge in [0.2, 0.25) is 0 Å². The third-order valence-electron chi connectivity index (χ3n) is 0. The van der Waals surface area contributed by atoms with Crippen molar-refractivity contribution in [1.29, 1.82) is 0 Å². The minimum absolute atomic E-state index is 0. The van der Waals surface area contributed by atoms with Gasteiger partial charge in [-0.2, -0.15) is 12.6 Å². The monoisotopic (exact) mass is 214 g/mol. The summed E-state index contributed by atoms with van der Waals surface area (Å²) in [7, 11) is 0. The Labute approximate surface area is 69.0 Å². The van der Waals surface area contributed by atoms with E-state index in [1.54, 1.807) is 6.26 Å². The van der Waals surface area contributed by atoms with Crippen LogP contribution in [0.25, 0.3) is 0 Å². The van der Waals surface area contributed by atoms with Gasteiger partial charge in [0, 0.05) is 0 Å². The van der Waals surface area contributed by atoms with Crippen LogP contribution in [-0.2, 0) is 22.4 Å². The van der Waals surface area contributed by atoms with Gasteiger partial charge in [0.05, 0.1) is 0 Å². The Morgan fingerprint density at radius 1 is 1.14 bits per heavy atom. The number of hydrogen-bond donors (Lipinski definition) is 1. The first-order valence-electron chi connectivity index (χ1n) is 1.86. The topological polar surface area (TPSA) is 0 Å². The van der Waals surface area contributed by atoms with E-state index in [1.165, 1.54) is 6.42 Å². The van der Waals surface area contributed by atoms with Crippen molar-refractivity contribution < 1.29 is 22.4 Å². The van der Waals surface area contributed by atoms with E-state index in [4.69, 9.17) is 0 Å². The fourth-order valence-electron chi connectivity index (χ4n) is 0. The van der Waals surface area contributed by atoms with E-state index < -0.39 is 0 Å². The van der Waals surface area contributed by atoms with Gasteiger partial charge in [0.15, 0.2) is 0 Å². The molecule has 7 heavy (non-hydrogen) atoms. The molecule has 0 aromatic heterocycles. The van der Waals surface area contributed by atoms with Crippen LogP contribution in [0.1, 0.15) is 20.3 Å². The summed E-state index contributed by atoms with van der Waals surface area (Å²) in [6, 6.07) is 0. The average Bonchev–Trinajstić information content (AvgIpc) is 1.46. The zero-order chi connectivity index (χ0) is 4.71. The van der Waals surface area contributed by atoms with Crippen LogP contribution in [0.3, 0.4) is 0 Å². The van der Waals surface area contributed by atoms with Crippen molar-refractivity contribution in [2.75, 3.05) is 6.26 Å². The quantitative estimate of drug-likeness (QED) is 0.358. The molecule has 0 heterocycles. The maximum Gasteiger partial charge on any atom is 1.00 e. The Balaban J connectivity index is -0.0000000105. The van der Waals surface area contributed by atoms with Gasteiger partial charge >= 0.3 is 22.4 Å². The van der Waals surface area contributed by atoms with Crippen molar-refractivity contribution in [2.24, 2.45) is 0 Å². The molecule has 0 nitrogen and oxygen atoms in total. The molecule has 0 atom stereocenters. The summed E-state index contributed by atoms with van der Waals surface area (Å²) in [5, 5.41) is 0. The molecule has 0 bridgehead atoms. The van der Waals surface area contributed by atoms with Gasteiger partial charge in [-0.15, -0.1) is 0 Å². The maximum absolute atomic E-state index is 3.53. The summed E-state index contributed by atoms with van der Waals surface area (Å²) in [6.07, 6.45) is 2.94. The molecule has 0 fully saturated rings. The minimum Gasteiger partial charge on any atom is -0.358 e. The van der Waals surface area contributed by atoms with Gasteiger partial charge in [-0.25, -0.2) is 0 Å². The van der Waals surface area contributed by atoms with Crippen LogP contribution in [0.5, 0.6) is 0 Å². The van der Waals surface area contributed by atoms with Gasteiger partial charge in [-0.3, -0.25) is 0 Å². The molecule has 0 unspecified atom stereocenters. The second kappa shape index (κ2) is 60.2. The fourth-order valence-corrected chi connectivity index (χ4v) is 0. The molecule has 0 aliphatic rings. The smallest absolute Gasteiger partial charge is 0.358 e. The molecule has 0 spiro atoms. The normalized spacial score (nSPS) is 3.43. The number of thiol groups is 1. The molecule has 0 aliphatic carbocycles. The summed E-state index contributed by atoms with van der Waals surface area (Å²) in [5.74, 6) is 0. The molecule has 2 heteroatoms. The molecule has 0 aliphatic heterocycles. The number of rotatable bonds is 0. The molecular formula is C5H15AgS. The average molecular weight is 215 g/mol. The molecule has 0 amide bonds. The fraction of sp³-hybridized carbons (Fsp3) is 0.800. The first kappa shape index (κ1) is 24.3. The third-order valence-corrected chi connectivity index (χ3v) is 0. The molecule has 0 rings (SSSR count). The van der Waals surface area contributed by atoms with Crippen LogP contribution in [-0.4, -0.2) is 6.26 Å². The summed E-state index contributed by atoms with van der Waals surface area (Å²) < 4.78 is 0. The first-order chi connectivity index (χ1) is 2.41. The molecule has 0 saturated heterocycles. The minimum atomic E-state index is 0. The summed E-state index contributed by atoms with van der Waals surface area (Å²) in [6.45, 7) is 4.25. The first-order valence-corrected chi connectivity index (χ1v) is 2.76. The maximum atomic E-state index is 3.53. The Bertz CT molecular complexity index is 8.04. The Morgan fingerprint density at radius 2 is 1.14 bits per heavy atom. The van der Waals surface area contributed by atoms with E-state index in [9.17, 15) is 0 Å². The number of hydrogen-bond acceptors (Lipinski definition) is 1. The van der Waals surface area contributed by atoms with Crippen molar-refractivity contribution in [2.45, 2.75) is 20.3 Å². The van der Waals surface area contributed by atoms with Gasteiger partial charge in [-0.1, -0.05) is 20.3 Å². The molecular weight excluding hydrogens is 200 g/mol. The molecule has 0 aromatic carbocycles. The second-order valence-corrected chi connectivity index (χ2v) is 0.707. The van der Waals surface area contributed by atoms with E-state index >= 15 is 0 Å². The molecule has 0 saturated carbocycles. The van der Waals surface area contributed by atoms with Crippen LogP contribution in [0, 0.1) is 7.43 Å². The van der Waals surface area contributed by atoms with Crippen molar-refractivity contribution in [1.82, 2.24) is 0 Å². The van der Waals surface area contributed by atoms with Gasteiger partial charge < -0.3 is 7.43 Å². The zero-order valence-corrected chi connectivity index (χ0v) is 7.83. The van der Waals surface area contributed by atoms with E-state index in [2.05, 4.69) is 26.5 Å². The van der Waals surface area contributed by atoms with Crippen LogP contribution in [0.4, 0.5) is 0 Å². The standard InChI is InChI=1S/C3H8.CH4S.CH3.Ag/c1-3-2;1-2;;/h3H2,1-2H3;2H,1H3;1H3;/q;;-1;+1. The summed E-state index contributed by atoms with van der Waals surface area (Å²) in [5.41, 5.74) is 0. The summed E-state index contributed by atoms with van der Waals surface area (Å²) >= 11 is 3.53. The SMILES string of the molecule is CCC.CS.[Ag+].[CH3-]. The molecule has 0 radical (unpaired) electrons. The Morgan fingerprint density at radius 3 is 1.14 bits per heavy atom. The predicted octanol–water partition coefficient (Wildman–Crippen LogP) is 2.41. The van der Waals surface area contributed by atoms with E-state index in [1.807, 2.05) is 0 Å². The molecule has 0 N–H and O–H groups in total. The van der Waals surface area contributed by atoms with Crippen LogP contribution < -0.4 is 0 Å². The van der Waals surface area contributed by atoms with Crippen molar-refractivity contribution >= 4 is 12.6 Å². The summed E-state index contributed by atoms with van der Waals surface area (Å²) in [4.78, 5) is 0. The van der Waals surface area contributed by atoms with Crippen molar-refractivity contribution in [3.63, 3.8) is 0 Å². The molecule has 0 aromatic rings. The van der Waals surface area contributed by atoms with E-state index in [-0.39, 0.29) is 29.8 Å². The van der Waals surface area contributed by atoms with Crippen LogP contribution >= 0.6 is 12.6 Å². The van der Waals surface area contributed by atoms with Crippen LogP contribution in [0.15, 0.2) is 0 Å². The largest absolute Gasteiger partial charge is 1.00 e. The van der Waals surface area contributed by atoms with Crippen molar-refractivity contribution in [3.8, 4) is 0 Å². The van der Waals surface area contributed by atoms with Crippen molar-refractivity contribution in [3.05, 3.63) is 7.43 Å². The zero-order valence-electron chi connectivity index (χ0n) is 5.46. The van der Waals surface area contributed by atoms with Gasteiger partial charge in [0.25, 0.3) is 0 Å². The van der Waals surface area contributed by atoms with Crippen LogP contribution in [0.2, 0.25) is 0 Å². The second-order valence-electron chi connectivity index (χ2n) is 0.707. The van der Waals surface area contributed by atoms with E-state index in [0.717, 1.165) is 0 Å². The Kier molecular flexibility index (Phi) is 209. The molecule has 52 valence electrons. The predicted molar refractivity (Wildman–Crippen MR) is 37.3 cm³/mol. The van der Waals surface area contributed by atoms with Gasteiger partial charge in [0.1, 0.15) is 0 Å². The Hall–Kier alpha value is 1.09. The van der Waals surface area contributed by atoms with Gasteiger partial charge in [-0.05, 0) is 6.26 Å². The third kappa shape index (κ3) is 155. The van der Waals surface area contributed by atoms with E-state index in [0.29, 0.717) is 0 Å².